The molecule has 1 heterocycles. The van der Waals surface area contributed by atoms with Crippen LogP contribution in [-0.4, -0.2) is 11.5 Å². The molecule has 0 bridgehead atoms. The van der Waals surface area contributed by atoms with Crippen LogP contribution in [0.25, 0.3) is 0 Å². The Balaban J connectivity index is 2.09. The van der Waals surface area contributed by atoms with Crippen LogP contribution in [0, 0.1) is 19.8 Å². The van der Waals surface area contributed by atoms with Gasteiger partial charge in [-0.3, -0.25) is 11.3 Å². The molecule has 0 aliphatic carbocycles. The summed E-state index contributed by atoms with van der Waals surface area (Å²) in [5.74, 6) is 9.24. The fraction of sp³-hybridized carbons (Fsp3) is 0.600. The molecule has 1 atom stereocenters. The van der Waals surface area contributed by atoms with E-state index in [9.17, 15) is 0 Å². The van der Waals surface area contributed by atoms with Crippen LogP contribution in [0.3, 0.4) is 0 Å². The molecule has 18 heavy (non-hydrogen) atoms. The molecule has 0 amide bonds. The standard InChI is InChI=1S/C15H24N2S/c1-11-3-4-12(2)14(9-11)15(17-16)10-13-5-7-18-8-6-13/h3-4,9,13,15,17H,5-8,10,16H2,1-2H3. The largest absolute Gasteiger partial charge is 0.271 e. The van der Waals surface area contributed by atoms with Crippen LogP contribution in [0.1, 0.15) is 42.0 Å². The van der Waals surface area contributed by atoms with Gasteiger partial charge in [0.05, 0.1) is 0 Å². The Morgan fingerprint density at radius 1 is 1.33 bits per heavy atom. The fourth-order valence-electron chi connectivity index (χ4n) is 2.74. The number of benzene rings is 1. The van der Waals surface area contributed by atoms with Crippen molar-refractivity contribution in [3.63, 3.8) is 0 Å². The van der Waals surface area contributed by atoms with Crippen molar-refractivity contribution < 1.29 is 0 Å². The molecule has 0 spiro atoms. The molecule has 3 heteroatoms. The van der Waals surface area contributed by atoms with Crippen molar-refractivity contribution in [3.8, 4) is 0 Å². The maximum Gasteiger partial charge on any atom is 0.0465 e. The Morgan fingerprint density at radius 2 is 2.06 bits per heavy atom. The second-order valence-electron chi connectivity index (χ2n) is 5.37. The third-order valence-corrected chi connectivity index (χ3v) is 4.97. The highest BCUT2D eigenvalue weighted by atomic mass is 32.2. The zero-order valence-electron chi connectivity index (χ0n) is 11.4. The first-order valence-corrected chi connectivity index (χ1v) is 7.97. The molecule has 2 nitrogen and oxygen atoms in total. The van der Waals surface area contributed by atoms with Crippen molar-refractivity contribution in [2.45, 2.75) is 39.2 Å². The summed E-state index contributed by atoms with van der Waals surface area (Å²) in [5, 5.41) is 0. The second kappa shape index (κ2) is 6.60. The third-order valence-electron chi connectivity index (χ3n) is 3.92. The number of aryl methyl sites for hydroxylation is 2. The van der Waals surface area contributed by atoms with E-state index in [1.165, 1.54) is 47.5 Å². The fourth-order valence-corrected chi connectivity index (χ4v) is 3.94. The summed E-state index contributed by atoms with van der Waals surface area (Å²) >= 11 is 2.08. The first kappa shape index (κ1) is 13.9. The van der Waals surface area contributed by atoms with E-state index in [1.54, 1.807) is 0 Å². The van der Waals surface area contributed by atoms with Gasteiger partial charge in [-0.15, -0.1) is 0 Å². The van der Waals surface area contributed by atoms with Gasteiger partial charge in [0.2, 0.25) is 0 Å². The molecule has 100 valence electrons. The van der Waals surface area contributed by atoms with Gasteiger partial charge < -0.3 is 0 Å². The number of thioether (sulfide) groups is 1. The lowest BCUT2D eigenvalue weighted by Gasteiger charge is -2.27. The van der Waals surface area contributed by atoms with Crippen LogP contribution < -0.4 is 11.3 Å². The molecule has 0 aromatic heterocycles. The van der Waals surface area contributed by atoms with E-state index in [1.807, 2.05) is 0 Å². The lowest BCUT2D eigenvalue weighted by Crippen LogP contribution is -2.31. The van der Waals surface area contributed by atoms with E-state index in [2.05, 4.69) is 49.2 Å². The summed E-state index contributed by atoms with van der Waals surface area (Å²) < 4.78 is 0. The highest BCUT2D eigenvalue weighted by Gasteiger charge is 2.20. The average Bonchev–Trinajstić information content (AvgIpc) is 2.40. The van der Waals surface area contributed by atoms with Gasteiger partial charge in [0, 0.05) is 6.04 Å². The Kier molecular flexibility index (Phi) is 5.10. The molecule has 0 saturated carbocycles. The highest BCUT2D eigenvalue weighted by Crippen LogP contribution is 2.32. The molecular formula is C15H24N2S. The van der Waals surface area contributed by atoms with Crippen LogP contribution in [0.15, 0.2) is 18.2 Å². The van der Waals surface area contributed by atoms with Crippen molar-refractivity contribution in [2.75, 3.05) is 11.5 Å². The molecule has 1 aromatic carbocycles. The van der Waals surface area contributed by atoms with Crippen molar-refractivity contribution in [2.24, 2.45) is 11.8 Å². The van der Waals surface area contributed by atoms with Gasteiger partial charge in [-0.2, -0.15) is 11.8 Å². The Bertz CT molecular complexity index is 386. The molecule has 1 aliphatic rings. The van der Waals surface area contributed by atoms with Gasteiger partial charge in [0.15, 0.2) is 0 Å². The summed E-state index contributed by atoms with van der Waals surface area (Å²) in [6, 6.07) is 6.95. The SMILES string of the molecule is Cc1ccc(C)c(C(CC2CCSCC2)NN)c1. The molecule has 1 aromatic rings. The van der Waals surface area contributed by atoms with Crippen molar-refractivity contribution in [1.29, 1.82) is 0 Å². The second-order valence-corrected chi connectivity index (χ2v) is 6.60. The Labute approximate surface area is 115 Å². The van der Waals surface area contributed by atoms with E-state index in [0.29, 0.717) is 6.04 Å². The number of hydrazine groups is 1. The quantitative estimate of drug-likeness (QED) is 0.647. The summed E-state index contributed by atoms with van der Waals surface area (Å²) in [4.78, 5) is 0. The molecule has 1 fully saturated rings. The summed E-state index contributed by atoms with van der Waals surface area (Å²) in [5.41, 5.74) is 7.05. The topological polar surface area (TPSA) is 38.0 Å². The molecule has 0 radical (unpaired) electrons. The normalized spacial score (nSPS) is 18.8. The van der Waals surface area contributed by atoms with E-state index in [0.717, 1.165) is 5.92 Å². The van der Waals surface area contributed by atoms with Crippen LogP contribution in [0.4, 0.5) is 0 Å². The van der Waals surface area contributed by atoms with E-state index in [4.69, 9.17) is 5.84 Å². The van der Waals surface area contributed by atoms with Gasteiger partial charge in [-0.25, -0.2) is 0 Å². The summed E-state index contributed by atoms with van der Waals surface area (Å²) in [7, 11) is 0. The van der Waals surface area contributed by atoms with Gasteiger partial charge in [0.1, 0.15) is 0 Å². The van der Waals surface area contributed by atoms with Gasteiger partial charge in [-0.05, 0) is 61.7 Å². The van der Waals surface area contributed by atoms with Crippen LogP contribution in [-0.2, 0) is 0 Å². The van der Waals surface area contributed by atoms with E-state index in [-0.39, 0.29) is 0 Å². The minimum Gasteiger partial charge on any atom is -0.271 e. The minimum atomic E-state index is 0.304. The first-order chi connectivity index (χ1) is 8.70. The molecular weight excluding hydrogens is 240 g/mol. The number of rotatable bonds is 4. The summed E-state index contributed by atoms with van der Waals surface area (Å²) in [6.07, 6.45) is 3.85. The predicted molar refractivity (Wildman–Crippen MR) is 80.6 cm³/mol. The lowest BCUT2D eigenvalue weighted by atomic mass is 9.89. The number of nitrogens with one attached hydrogen (secondary N) is 1. The van der Waals surface area contributed by atoms with Crippen LogP contribution in [0.5, 0.6) is 0 Å². The average molecular weight is 264 g/mol. The van der Waals surface area contributed by atoms with E-state index >= 15 is 0 Å². The zero-order chi connectivity index (χ0) is 13.0. The maximum atomic E-state index is 5.79. The Hall–Kier alpha value is -0.510. The predicted octanol–water partition coefficient (Wildman–Crippen LogP) is 3.34. The van der Waals surface area contributed by atoms with Gasteiger partial charge >= 0.3 is 0 Å². The number of nitrogens with two attached hydrogens (primary N) is 1. The zero-order valence-corrected chi connectivity index (χ0v) is 12.2. The molecule has 1 unspecified atom stereocenters. The van der Waals surface area contributed by atoms with Gasteiger partial charge in [-0.1, -0.05) is 23.8 Å². The third kappa shape index (κ3) is 3.50. The highest BCUT2D eigenvalue weighted by molar-refractivity contribution is 7.99. The molecule has 3 N–H and O–H groups in total. The van der Waals surface area contributed by atoms with Crippen molar-refractivity contribution >= 4 is 11.8 Å². The molecule has 2 rings (SSSR count). The van der Waals surface area contributed by atoms with Crippen molar-refractivity contribution in [3.05, 3.63) is 34.9 Å². The Morgan fingerprint density at radius 3 is 2.72 bits per heavy atom. The number of hydrogen-bond acceptors (Lipinski definition) is 3. The molecule has 1 saturated heterocycles. The van der Waals surface area contributed by atoms with Gasteiger partial charge in [0.25, 0.3) is 0 Å². The smallest absolute Gasteiger partial charge is 0.0465 e. The molecule has 1 aliphatic heterocycles. The van der Waals surface area contributed by atoms with Crippen molar-refractivity contribution in [1.82, 2.24) is 5.43 Å². The maximum absolute atomic E-state index is 5.79. The monoisotopic (exact) mass is 264 g/mol. The van der Waals surface area contributed by atoms with E-state index < -0.39 is 0 Å². The van der Waals surface area contributed by atoms with Crippen LogP contribution in [0.2, 0.25) is 0 Å². The minimum absolute atomic E-state index is 0.304. The lowest BCUT2D eigenvalue weighted by molar-refractivity contribution is 0.373. The number of hydrogen-bond donors (Lipinski definition) is 2. The summed E-state index contributed by atoms with van der Waals surface area (Å²) in [6.45, 7) is 4.32. The van der Waals surface area contributed by atoms with Crippen LogP contribution >= 0.6 is 11.8 Å². The first-order valence-electron chi connectivity index (χ1n) is 6.81.